The number of hydrogen-bond donors (Lipinski definition) is 0. The molecule has 2 aromatic rings. The Morgan fingerprint density at radius 2 is 1.61 bits per heavy atom. The predicted octanol–water partition coefficient (Wildman–Crippen LogP) is 3.79. The van der Waals surface area contributed by atoms with Crippen LogP contribution in [0.25, 0.3) is 0 Å². The van der Waals surface area contributed by atoms with Crippen LogP contribution < -0.4 is 0 Å². The van der Waals surface area contributed by atoms with E-state index in [0.717, 1.165) is 23.1 Å². The third-order valence-electron chi connectivity index (χ3n) is 4.83. The molecular weight excluding hydrogens is 306 g/mol. The van der Waals surface area contributed by atoms with Gasteiger partial charge in [0, 0.05) is 13.1 Å². The first kappa shape index (κ1) is 16.2. The predicted molar refractivity (Wildman–Crippen MR) is 93.2 cm³/mol. The summed E-state index contributed by atoms with van der Waals surface area (Å²) in [4.78, 5) is 0.453. The van der Waals surface area contributed by atoms with E-state index in [1.54, 1.807) is 4.31 Å². The van der Waals surface area contributed by atoms with Gasteiger partial charge in [-0.05, 0) is 61.4 Å². The van der Waals surface area contributed by atoms with E-state index in [9.17, 15) is 8.42 Å². The van der Waals surface area contributed by atoms with Gasteiger partial charge in [0.25, 0.3) is 0 Å². The van der Waals surface area contributed by atoms with Gasteiger partial charge in [-0.1, -0.05) is 36.4 Å². The highest BCUT2D eigenvalue weighted by Gasteiger charge is 2.34. The highest BCUT2D eigenvalue weighted by molar-refractivity contribution is 7.89. The van der Waals surface area contributed by atoms with Gasteiger partial charge in [-0.3, -0.25) is 0 Å². The summed E-state index contributed by atoms with van der Waals surface area (Å²) in [7, 11) is -3.42. The molecule has 4 heteroatoms. The van der Waals surface area contributed by atoms with Gasteiger partial charge in [-0.2, -0.15) is 4.31 Å². The average Bonchev–Trinajstić information content (AvgIpc) is 3.02. The summed E-state index contributed by atoms with van der Waals surface area (Å²) in [6.45, 7) is 7.02. The fourth-order valence-corrected chi connectivity index (χ4v) is 5.09. The van der Waals surface area contributed by atoms with E-state index in [-0.39, 0.29) is 5.92 Å². The molecular formula is C19H23NO2S. The second-order valence-electron chi connectivity index (χ2n) is 6.46. The fourth-order valence-electron chi connectivity index (χ4n) is 3.29. The van der Waals surface area contributed by atoms with Gasteiger partial charge in [0.2, 0.25) is 10.0 Å². The molecule has 0 radical (unpaired) electrons. The van der Waals surface area contributed by atoms with Crippen LogP contribution in [-0.4, -0.2) is 25.8 Å². The molecule has 0 aliphatic carbocycles. The van der Waals surface area contributed by atoms with Crippen molar-refractivity contribution in [3.8, 4) is 0 Å². The van der Waals surface area contributed by atoms with E-state index < -0.39 is 10.0 Å². The normalized spacial score (nSPS) is 19.2. The standard InChI is InChI=1S/C19H23NO2S/c1-14-11-16(3)19(12-15(14)2)23(21,22)20-10-9-18(13-20)17-7-5-4-6-8-17/h4-8,11-12,18H,9-10,13H2,1-3H3. The van der Waals surface area contributed by atoms with Crippen molar-refractivity contribution < 1.29 is 8.42 Å². The Hall–Kier alpha value is -1.65. The third-order valence-corrected chi connectivity index (χ3v) is 6.84. The second kappa shape index (κ2) is 6.10. The molecule has 0 bridgehead atoms. The van der Waals surface area contributed by atoms with Crippen molar-refractivity contribution in [2.45, 2.75) is 38.0 Å². The van der Waals surface area contributed by atoms with Crippen LogP contribution in [0.1, 0.15) is 34.6 Å². The average molecular weight is 329 g/mol. The molecule has 1 unspecified atom stereocenters. The topological polar surface area (TPSA) is 37.4 Å². The largest absolute Gasteiger partial charge is 0.243 e. The molecule has 3 rings (SSSR count). The van der Waals surface area contributed by atoms with Crippen LogP contribution in [0.4, 0.5) is 0 Å². The summed E-state index contributed by atoms with van der Waals surface area (Å²) in [5.74, 6) is 0.290. The van der Waals surface area contributed by atoms with Crippen molar-refractivity contribution in [3.63, 3.8) is 0 Å². The molecule has 23 heavy (non-hydrogen) atoms. The Labute approximate surface area is 139 Å². The van der Waals surface area contributed by atoms with Crippen molar-refractivity contribution in [2.24, 2.45) is 0 Å². The van der Waals surface area contributed by atoms with E-state index in [0.29, 0.717) is 18.0 Å². The van der Waals surface area contributed by atoms with E-state index in [1.807, 2.05) is 51.1 Å². The van der Waals surface area contributed by atoms with Crippen molar-refractivity contribution in [2.75, 3.05) is 13.1 Å². The van der Waals surface area contributed by atoms with Crippen LogP contribution in [-0.2, 0) is 10.0 Å². The molecule has 0 spiro atoms. The molecule has 1 aliphatic heterocycles. The number of benzene rings is 2. The SMILES string of the molecule is Cc1cc(C)c(S(=O)(=O)N2CCC(c3ccccc3)C2)cc1C. The van der Waals surface area contributed by atoms with Crippen molar-refractivity contribution in [1.29, 1.82) is 0 Å². The highest BCUT2D eigenvalue weighted by Crippen LogP contribution is 2.32. The van der Waals surface area contributed by atoms with Crippen molar-refractivity contribution >= 4 is 10.0 Å². The molecule has 1 aliphatic rings. The number of hydrogen-bond acceptors (Lipinski definition) is 2. The van der Waals surface area contributed by atoms with Gasteiger partial charge in [0.05, 0.1) is 4.90 Å². The maximum atomic E-state index is 13.0. The van der Waals surface area contributed by atoms with E-state index >= 15 is 0 Å². The summed E-state index contributed by atoms with van der Waals surface area (Å²) in [6.07, 6.45) is 0.882. The smallest absolute Gasteiger partial charge is 0.207 e. The van der Waals surface area contributed by atoms with Crippen LogP contribution >= 0.6 is 0 Å². The Kier molecular flexibility index (Phi) is 4.30. The minimum Gasteiger partial charge on any atom is -0.207 e. The van der Waals surface area contributed by atoms with Gasteiger partial charge in [0.15, 0.2) is 0 Å². The Morgan fingerprint density at radius 1 is 0.957 bits per heavy atom. The zero-order valence-corrected chi connectivity index (χ0v) is 14.7. The molecule has 3 nitrogen and oxygen atoms in total. The lowest BCUT2D eigenvalue weighted by molar-refractivity contribution is 0.472. The molecule has 0 saturated carbocycles. The molecule has 122 valence electrons. The summed E-state index contributed by atoms with van der Waals surface area (Å²) in [5.41, 5.74) is 4.20. The lowest BCUT2D eigenvalue weighted by Gasteiger charge is -2.19. The van der Waals surface area contributed by atoms with Gasteiger partial charge in [-0.25, -0.2) is 8.42 Å². The van der Waals surface area contributed by atoms with Gasteiger partial charge in [-0.15, -0.1) is 0 Å². The zero-order valence-electron chi connectivity index (χ0n) is 13.9. The van der Waals surface area contributed by atoms with Crippen LogP contribution in [0.2, 0.25) is 0 Å². The number of aryl methyl sites for hydroxylation is 3. The van der Waals surface area contributed by atoms with Gasteiger partial charge >= 0.3 is 0 Å². The molecule has 0 N–H and O–H groups in total. The lowest BCUT2D eigenvalue weighted by atomic mass is 9.99. The maximum Gasteiger partial charge on any atom is 0.243 e. The number of nitrogens with zero attached hydrogens (tertiary/aromatic N) is 1. The molecule has 0 aromatic heterocycles. The zero-order chi connectivity index (χ0) is 16.6. The van der Waals surface area contributed by atoms with Crippen LogP contribution in [0.15, 0.2) is 47.4 Å². The first-order valence-electron chi connectivity index (χ1n) is 8.02. The van der Waals surface area contributed by atoms with Crippen LogP contribution in [0.3, 0.4) is 0 Å². The second-order valence-corrected chi connectivity index (χ2v) is 8.37. The summed E-state index contributed by atoms with van der Waals surface area (Å²) < 4.78 is 27.7. The summed E-state index contributed by atoms with van der Waals surface area (Å²) in [5, 5.41) is 0. The first-order valence-corrected chi connectivity index (χ1v) is 9.46. The Balaban J connectivity index is 1.89. The van der Waals surface area contributed by atoms with Crippen LogP contribution in [0, 0.1) is 20.8 Å². The third kappa shape index (κ3) is 3.06. The molecule has 1 atom stereocenters. The van der Waals surface area contributed by atoms with Crippen LogP contribution in [0.5, 0.6) is 0 Å². The molecule has 1 fully saturated rings. The van der Waals surface area contributed by atoms with Gasteiger partial charge < -0.3 is 0 Å². The molecule has 1 saturated heterocycles. The lowest BCUT2D eigenvalue weighted by Crippen LogP contribution is -2.29. The monoisotopic (exact) mass is 329 g/mol. The number of sulfonamides is 1. The Morgan fingerprint density at radius 3 is 2.30 bits per heavy atom. The minimum absolute atomic E-state index is 0.290. The van der Waals surface area contributed by atoms with E-state index in [2.05, 4.69) is 12.1 Å². The first-order chi connectivity index (χ1) is 10.9. The minimum atomic E-state index is -3.42. The highest BCUT2D eigenvalue weighted by atomic mass is 32.2. The van der Waals surface area contributed by atoms with Crippen molar-refractivity contribution in [1.82, 2.24) is 4.31 Å². The van der Waals surface area contributed by atoms with E-state index in [4.69, 9.17) is 0 Å². The Bertz CT molecular complexity index is 813. The molecule has 2 aromatic carbocycles. The van der Waals surface area contributed by atoms with Crippen molar-refractivity contribution in [3.05, 3.63) is 64.7 Å². The number of rotatable bonds is 3. The molecule has 1 heterocycles. The molecule has 0 amide bonds. The maximum absolute atomic E-state index is 13.0. The van der Waals surface area contributed by atoms with Gasteiger partial charge in [0.1, 0.15) is 0 Å². The summed E-state index contributed by atoms with van der Waals surface area (Å²) in [6, 6.07) is 14.0. The summed E-state index contributed by atoms with van der Waals surface area (Å²) >= 11 is 0. The fraction of sp³-hybridized carbons (Fsp3) is 0.368. The quantitative estimate of drug-likeness (QED) is 0.859. The van der Waals surface area contributed by atoms with E-state index in [1.165, 1.54) is 5.56 Å².